The van der Waals surface area contributed by atoms with Gasteiger partial charge >= 0.3 is 0 Å². The van der Waals surface area contributed by atoms with E-state index >= 15 is 0 Å². The second-order valence-electron chi connectivity index (χ2n) is 10.7. The van der Waals surface area contributed by atoms with Crippen molar-refractivity contribution in [2.24, 2.45) is 17.3 Å². The minimum atomic E-state index is -3.05. The molecule has 0 unspecified atom stereocenters. The standard InChI is InChI=1S/C28H33F2N7O3S/c1-18-23(20-15-33-36(2)17-20)16-32-25(37-10-5-8-28(29,30)9-11-37)24(18)27(39)34-21-6-4-7-22(12-21)41(3,40)35-26(38)19-13-31-14-19/h4,6-7,12,15-17,19,31H,5,8-11,13-14H2,1-3H3,(H,34,39)/t41-/m1/s1. The predicted octanol–water partition coefficient (Wildman–Crippen LogP) is 3.87. The van der Waals surface area contributed by atoms with Crippen molar-refractivity contribution in [2.45, 2.75) is 37.0 Å². The molecule has 10 nitrogen and oxygen atoms in total. The van der Waals surface area contributed by atoms with Crippen molar-refractivity contribution in [2.75, 3.05) is 42.7 Å². The molecule has 0 bridgehead atoms. The van der Waals surface area contributed by atoms with Gasteiger partial charge in [-0.25, -0.2) is 18.0 Å². The first-order valence-corrected chi connectivity index (χ1v) is 15.4. The van der Waals surface area contributed by atoms with Crippen LogP contribution in [0.2, 0.25) is 0 Å². The van der Waals surface area contributed by atoms with Crippen LogP contribution in [0.4, 0.5) is 20.3 Å². The first-order chi connectivity index (χ1) is 19.4. The van der Waals surface area contributed by atoms with Gasteiger partial charge in [-0.05, 0) is 37.1 Å². The van der Waals surface area contributed by atoms with Gasteiger partial charge in [0.2, 0.25) is 5.92 Å². The summed E-state index contributed by atoms with van der Waals surface area (Å²) in [4.78, 5) is 32.9. The third-order valence-corrected chi connectivity index (χ3v) is 9.16. The van der Waals surface area contributed by atoms with Crippen LogP contribution >= 0.6 is 0 Å². The number of benzene rings is 1. The molecule has 4 heterocycles. The van der Waals surface area contributed by atoms with E-state index in [2.05, 4.69) is 25.1 Å². The zero-order chi connectivity index (χ0) is 29.4. The maximum atomic E-state index is 14.2. The normalized spacial score (nSPS) is 18.6. The number of carbonyl (C=O) groups excluding carboxylic acids is 2. The number of aromatic nitrogens is 3. The maximum absolute atomic E-state index is 14.2. The molecule has 13 heteroatoms. The summed E-state index contributed by atoms with van der Waals surface area (Å²) in [6.45, 7) is 3.22. The Morgan fingerprint density at radius 1 is 1.20 bits per heavy atom. The quantitative estimate of drug-likeness (QED) is 0.451. The largest absolute Gasteiger partial charge is 0.356 e. The summed E-state index contributed by atoms with van der Waals surface area (Å²) in [6.07, 6.45) is 6.25. The van der Waals surface area contributed by atoms with Crippen molar-refractivity contribution >= 4 is 33.0 Å². The SMILES string of the molecule is Cc1c(-c2cnn(C)c2)cnc(N2CCCC(F)(F)CC2)c1C(=O)Nc1cccc([S@@](C)(=O)=NC(=O)C2CNC2)c1. The van der Waals surface area contributed by atoms with Gasteiger partial charge in [0.1, 0.15) is 5.82 Å². The van der Waals surface area contributed by atoms with Crippen molar-refractivity contribution in [3.8, 4) is 11.1 Å². The molecule has 0 radical (unpaired) electrons. The number of halogens is 2. The highest BCUT2D eigenvalue weighted by molar-refractivity contribution is 7.93. The third kappa shape index (κ3) is 6.30. The number of rotatable bonds is 6. The van der Waals surface area contributed by atoms with E-state index in [1.54, 1.807) is 54.1 Å². The molecule has 1 aromatic carbocycles. The average molecular weight is 586 g/mol. The van der Waals surface area contributed by atoms with Gasteiger partial charge in [-0.2, -0.15) is 9.46 Å². The molecule has 1 atom stereocenters. The molecule has 2 aliphatic rings. The average Bonchev–Trinajstić information content (AvgIpc) is 3.21. The van der Waals surface area contributed by atoms with E-state index < -0.39 is 27.5 Å². The van der Waals surface area contributed by atoms with Gasteiger partial charge in [0.25, 0.3) is 11.8 Å². The zero-order valence-electron chi connectivity index (χ0n) is 23.2. The second kappa shape index (κ2) is 11.3. The van der Waals surface area contributed by atoms with Gasteiger partial charge in [-0.3, -0.25) is 14.3 Å². The van der Waals surface area contributed by atoms with Crippen molar-refractivity contribution < 1.29 is 22.6 Å². The van der Waals surface area contributed by atoms with E-state index in [1.807, 2.05) is 6.20 Å². The number of nitrogens with one attached hydrogen (secondary N) is 2. The second-order valence-corrected chi connectivity index (χ2v) is 12.9. The molecular weight excluding hydrogens is 552 g/mol. The molecule has 0 saturated carbocycles. The number of aryl methyl sites for hydroxylation is 1. The van der Waals surface area contributed by atoms with Crippen molar-refractivity contribution in [3.05, 3.63) is 54.0 Å². The topological polar surface area (TPSA) is 122 Å². The maximum Gasteiger partial charge on any atom is 0.259 e. The van der Waals surface area contributed by atoms with E-state index in [9.17, 15) is 22.6 Å². The summed E-state index contributed by atoms with van der Waals surface area (Å²) in [5.74, 6) is -3.61. The van der Waals surface area contributed by atoms with E-state index in [1.165, 1.54) is 12.3 Å². The fourth-order valence-corrected chi connectivity index (χ4v) is 6.27. The van der Waals surface area contributed by atoms with Gasteiger partial charge in [0, 0.05) is 86.4 Å². The van der Waals surface area contributed by atoms with Crippen LogP contribution in [0.3, 0.4) is 0 Å². The smallest absolute Gasteiger partial charge is 0.259 e. The van der Waals surface area contributed by atoms with E-state index in [4.69, 9.17) is 0 Å². The number of anilines is 2. The summed E-state index contributed by atoms with van der Waals surface area (Å²) in [5, 5.41) is 10.1. The molecule has 2 fully saturated rings. The predicted molar refractivity (Wildman–Crippen MR) is 153 cm³/mol. The van der Waals surface area contributed by atoms with Gasteiger partial charge in [0.15, 0.2) is 0 Å². The number of carbonyl (C=O) groups is 2. The van der Waals surface area contributed by atoms with Crippen LogP contribution in [-0.4, -0.2) is 69.1 Å². The van der Waals surface area contributed by atoms with Gasteiger partial charge < -0.3 is 15.5 Å². The lowest BCUT2D eigenvalue weighted by molar-refractivity contribution is -0.122. The summed E-state index contributed by atoms with van der Waals surface area (Å²) < 4.78 is 47.3. The molecular formula is C28H33F2N7O3S. The number of nitrogens with zero attached hydrogens (tertiary/aromatic N) is 5. The van der Waals surface area contributed by atoms with Crippen molar-refractivity contribution in [1.82, 2.24) is 20.1 Å². The molecule has 2 saturated heterocycles. The Kier molecular flexibility index (Phi) is 7.93. The number of pyridine rings is 1. The summed E-state index contributed by atoms with van der Waals surface area (Å²) in [7, 11) is -1.26. The Morgan fingerprint density at radius 2 is 1.98 bits per heavy atom. The number of alkyl halides is 2. The Bertz CT molecular complexity index is 1610. The Labute approximate surface area is 237 Å². The lowest BCUT2D eigenvalue weighted by Crippen LogP contribution is -2.46. The molecule has 2 aliphatic heterocycles. The van der Waals surface area contributed by atoms with E-state index in [0.29, 0.717) is 47.2 Å². The van der Waals surface area contributed by atoms with E-state index in [-0.39, 0.29) is 37.3 Å². The molecule has 3 aromatic rings. The number of hydrogen-bond donors (Lipinski definition) is 2. The molecule has 2 N–H and O–H groups in total. The number of hydrogen-bond acceptors (Lipinski definition) is 7. The van der Waals surface area contributed by atoms with Gasteiger partial charge in [-0.15, -0.1) is 0 Å². The van der Waals surface area contributed by atoms with Crippen LogP contribution in [0.5, 0.6) is 0 Å². The minimum Gasteiger partial charge on any atom is -0.356 e. The van der Waals surface area contributed by atoms with Crippen LogP contribution in [0.1, 0.15) is 35.2 Å². The summed E-state index contributed by atoms with van der Waals surface area (Å²) in [6, 6.07) is 6.42. The van der Waals surface area contributed by atoms with Crippen LogP contribution < -0.4 is 15.5 Å². The highest BCUT2D eigenvalue weighted by Crippen LogP contribution is 2.34. The molecule has 2 amide bonds. The first kappa shape index (κ1) is 28.8. The fourth-order valence-electron chi connectivity index (χ4n) is 4.99. The van der Waals surface area contributed by atoms with E-state index in [0.717, 1.165) is 5.56 Å². The van der Waals surface area contributed by atoms with Crippen LogP contribution in [0.15, 0.2) is 52.1 Å². The minimum absolute atomic E-state index is 0.0609. The number of amides is 2. The Morgan fingerprint density at radius 3 is 2.66 bits per heavy atom. The lowest BCUT2D eigenvalue weighted by atomic mass is 9.99. The summed E-state index contributed by atoms with van der Waals surface area (Å²) >= 11 is 0. The third-order valence-electron chi connectivity index (χ3n) is 7.50. The molecule has 0 aliphatic carbocycles. The summed E-state index contributed by atoms with van der Waals surface area (Å²) in [5.41, 5.74) is 2.70. The molecule has 5 rings (SSSR count). The molecule has 218 valence electrons. The zero-order valence-corrected chi connectivity index (χ0v) is 24.0. The van der Waals surface area contributed by atoms with Crippen LogP contribution in [-0.2, 0) is 21.6 Å². The van der Waals surface area contributed by atoms with Gasteiger partial charge in [-0.1, -0.05) is 6.07 Å². The van der Waals surface area contributed by atoms with Crippen LogP contribution in [0, 0.1) is 12.8 Å². The highest BCUT2D eigenvalue weighted by Gasteiger charge is 2.34. The lowest BCUT2D eigenvalue weighted by Gasteiger charge is -2.26. The molecule has 0 spiro atoms. The van der Waals surface area contributed by atoms with Crippen molar-refractivity contribution in [1.29, 1.82) is 0 Å². The molecule has 41 heavy (non-hydrogen) atoms. The van der Waals surface area contributed by atoms with Gasteiger partial charge in [0.05, 0.1) is 27.4 Å². The van der Waals surface area contributed by atoms with Crippen molar-refractivity contribution in [3.63, 3.8) is 0 Å². The molecule has 2 aromatic heterocycles. The van der Waals surface area contributed by atoms with Crippen LogP contribution in [0.25, 0.3) is 11.1 Å². The first-order valence-electron chi connectivity index (χ1n) is 13.4. The monoisotopic (exact) mass is 585 g/mol. The Balaban J connectivity index is 1.49. The fraction of sp³-hybridized carbons (Fsp3) is 0.429. The Hall–Kier alpha value is -3.71. The highest BCUT2D eigenvalue weighted by atomic mass is 32.2.